The van der Waals surface area contributed by atoms with Crippen molar-refractivity contribution in [2.24, 2.45) is 4.99 Å². The molecule has 1 fully saturated rings. The smallest absolute Gasteiger partial charge is 0.191 e. The lowest BCUT2D eigenvalue weighted by Gasteiger charge is -2.23. The van der Waals surface area contributed by atoms with Crippen molar-refractivity contribution in [3.63, 3.8) is 0 Å². The van der Waals surface area contributed by atoms with Crippen molar-refractivity contribution in [2.45, 2.75) is 45.7 Å². The van der Waals surface area contributed by atoms with Crippen LogP contribution in [-0.2, 0) is 6.54 Å². The number of benzene rings is 1. The molecule has 1 aliphatic rings. The fraction of sp³-hybridized carbons (Fsp3) is 0.611. The Labute approximate surface area is 158 Å². The number of hydrogen-bond acceptors (Lipinski definition) is 2. The molecule has 4 nitrogen and oxygen atoms in total. The number of likely N-dealkylation sites (tertiary alicyclic amines) is 1. The van der Waals surface area contributed by atoms with Gasteiger partial charge in [-0.1, -0.05) is 37.3 Å². The van der Waals surface area contributed by atoms with Gasteiger partial charge in [-0.05, 0) is 38.3 Å². The summed E-state index contributed by atoms with van der Waals surface area (Å²) < 4.78 is 0. The van der Waals surface area contributed by atoms with Crippen LogP contribution < -0.4 is 10.6 Å². The quantitative estimate of drug-likeness (QED) is 0.397. The second-order valence-electron chi connectivity index (χ2n) is 5.90. The molecular formula is C18H31IN4. The normalized spacial score (nSPS) is 18.5. The Morgan fingerprint density at radius 1 is 1.22 bits per heavy atom. The van der Waals surface area contributed by atoms with E-state index in [1.165, 1.54) is 24.9 Å². The zero-order valence-electron chi connectivity index (χ0n) is 14.4. The van der Waals surface area contributed by atoms with E-state index in [2.05, 4.69) is 59.7 Å². The Morgan fingerprint density at radius 2 is 2.00 bits per heavy atom. The average Bonchev–Trinajstić information content (AvgIpc) is 2.98. The van der Waals surface area contributed by atoms with Crippen LogP contribution in [-0.4, -0.2) is 43.1 Å². The minimum absolute atomic E-state index is 0. The summed E-state index contributed by atoms with van der Waals surface area (Å²) in [4.78, 5) is 7.35. The fourth-order valence-corrected chi connectivity index (χ4v) is 2.91. The molecular weight excluding hydrogens is 399 g/mol. The summed E-state index contributed by atoms with van der Waals surface area (Å²) in [6.07, 6.45) is 3.66. The van der Waals surface area contributed by atoms with Gasteiger partial charge in [0.2, 0.25) is 0 Å². The van der Waals surface area contributed by atoms with Crippen LogP contribution in [0.3, 0.4) is 0 Å². The summed E-state index contributed by atoms with van der Waals surface area (Å²) in [5, 5.41) is 6.71. The highest BCUT2D eigenvalue weighted by atomic mass is 127. The van der Waals surface area contributed by atoms with Gasteiger partial charge in [0.25, 0.3) is 0 Å². The number of nitrogens with one attached hydrogen (secondary N) is 2. The molecule has 5 heteroatoms. The predicted octanol–water partition coefficient (Wildman–Crippen LogP) is 3.23. The molecule has 1 aromatic carbocycles. The van der Waals surface area contributed by atoms with Gasteiger partial charge >= 0.3 is 0 Å². The van der Waals surface area contributed by atoms with E-state index < -0.39 is 0 Å². The zero-order chi connectivity index (χ0) is 15.6. The van der Waals surface area contributed by atoms with Gasteiger partial charge in [0.05, 0.1) is 6.54 Å². The van der Waals surface area contributed by atoms with Crippen LogP contribution in [0.4, 0.5) is 0 Å². The van der Waals surface area contributed by atoms with Crippen molar-refractivity contribution in [2.75, 3.05) is 26.2 Å². The molecule has 0 saturated carbocycles. The van der Waals surface area contributed by atoms with Crippen molar-refractivity contribution in [1.82, 2.24) is 15.5 Å². The van der Waals surface area contributed by atoms with Gasteiger partial charge in [-0.25, -0.2) is 0 Å². The van der Waals surface area contributed by atoms with Crippen LogP contribution in [0.1, 0.15) is 38.7 Å². The molecule has 0 aliphatic carbocycles. The number of hydrogen-bond donors (Lipinski definition) is 2. The Kier molecular flexibility index (Phi) is 10.3. The molecule has 2 N–H and O–H groups in total. The van der Waals surface area contributed by atoms with Crippen molar-refractivity contribution in [3.8, 4) is 0 Å². The van der Waals surface area contributed by atoms with Gasteiger partial charge in [-0.3, -0.25) is 9.89 Å². The molecule has 130 valence electrons. The molecule has 1 heterocycles. The molecule has 0 spiro atoms. The van der Waals surface area contributed by atoms with Crippen LogP contribution in [0.5, 0.6) is 0 Å². The van der Waals surface area contributed by atoms with Gasteiger partial charge in [-0.15, -0.1) is 24.0 Å². The number of nitrogens with zero attached hydrogens (tertiary/aromatic N) is 2. The van der Waals surface area contributed by atoms with E-state index in [9.17, 15) is 0 Å². The minimum Gasteiger partial charge on any atom is -0.357 e. The molecule has 1 atom stereocenters. The molecule has 0 amide bonds. The summed E-state index contributed by atoms with van der Waals surface area (Å²) in [5.41, 5.74) is 1.40. The van der Waals surface area contributed by atoms with E-state index in [0.717, 1.165) is 38.6 Å². The summed E-state index contributed by atoms with van der Waals surface area (Å²) in [6, 6.07) is 11.3. The van der Waals surface area contributed by atoms with Crippen LogP contribution in [0.2, 0.25) is 0 Å². The first-order valence-electron chi connectivity index (χ1n) is 8.63. The molecule has 0 bridgehead atoms. The van der Waals surface area contributed by atoms with Crippen molar-refractivity contribution in [1.29, 1.82) is 0 Å². The Balaban J connectivity index is 0.00000264. The Morgan fingerprint density at radius 3 is 2.70 bits per heavy atom. The number of halogens is 1. The molecule has 2 rings (SSSR count). The van der Waals surface area contributed by atoms with Gasteiger partial charge < -0.3 is 10.6 Å². The first kappa shape index (κ1) is 20.2. The zero-order valence-corrected chi connectivity index (χ0v) is 16.8. The van der Waals surface area contributed by atoms with E-state index in [0.29, 0.717) is 6.04 Å². The van der Waals surface area contributed by atoms with Crippen LogP contribution in [0.15, 0.2) is 35.3 Å². The lowest BCUT2D eigenvalue weighted by atomic mass is 10.2. The second kappa shape index (κ2) is 11.7. The number of guanidine groups is 1. The Hall–Kier alpha value is -0.820. The standard InChI is InChI=1S/C18H30N4.HI/c1-3-12-20-18(19-4-2)21-14-17-11-8-13-22(17)15-16-9-6-5-7-10-16;/h5-7,9-10,17H,3-4,8,11-15H2,1-2H3,(H2,19,20,21);1H. The average molecular weight is 430 g/mol. The third-order valence-corrected chi connectivity index (χ3v) is 4.07. The van der Waals surface area contributed by atoms with E-state index in [1.54, 1.807) is 0 Å². The highest BCUT2D eigenvalue weighted by Gasteiger charge is 2.24. The SMILES string of the molecule is CCCNC(=NCC1CCCN1Cc1ccccc1)NCC.I. The number of aliphatic imine (C=N–C) groups is 1. The van der Waals surface area contributed by atoms with Gasteiger partial charge in [-0.2, -0.15) is 0 Å². The topological polar surface area (TPSA) is 39.7 Å². The maximum atomic E-state index is 4.78. The summed E-state index contributed by atoms with van der Waals surface area (Å²) >= 11 is 0. The molecule has 1 aromatic rings. The highest BCUT2D eigenvalue weighted by Crippen LogP contribution is 2.20. The van der Waals surface area contributed by atoms with E-state index in [4.69, 9.17) is 4.99 Å². The van der Waals surface area contributed by atoms with Gasteiger partial charge in [0.15, 0.2) is 5.96 Å². The van der Waals surface area contributed by atoms with Gasteiger partial charge in [0.1, 0.15) is 0 Å². The number of rotatable bonds is 7. The Bertz CT molecular complexity index is 450. The summed E-state index contributed by atoms with van der Waals surface area (Å²) in [7, 11) is 0. The molecule has 23 heavy (non-hydrogen) atoms. The molecule has 1 unspecified atom stereocenters. The lowest BCUT2D eigenvalue weighted by molar-refractivity contribution is 0.250. The van der Waals surface area contributed by atoms with Crippen molar-refractivity contribution in [3.05, 3.63) is 35.9 Å². The summed E-state index contributed by atoms with van der Waals surface area (Å²) in [6.45, 7) is 9.29. The monoisotopic (exact) mass is 430 g/mol. The first-order chi connectivity index (χ1) is 10.8. The third-order valence-electron chi connectivity index (χ3n) is 4.07. The van der Waals surface area contributed by atoms with Crippen LogP contribution >= 0.6 is 24.0 Å². The molecule has 1 aliphatic heterocycles. The molecule has 0 radical (unpaired) electrons. The van der Waals surface area contributed by atoms with Crippen molar-refractivity contribution < 1.29 is 0 Å². The maximum Gasteiger partial charge on any atom is 0.191 e. The van der Waals surface area contributed by atoms with Crippen LogP contribution in [0, 0.1) is 0 Å². The van der Waals surface area contributed by atoms with Crippen molar-refractivity contribution >= 4 is 29.9 Å². The predicted molar refractivity (Wildman–Crippen MR) is 110 cm³/mol. The second-order valence-corrected chi connectivity index (χ2v) is 5.90. The minimum atomic E-state index is 0. The molecule has 1 saturated heterocycles. The van der Waals surface area contributed by atoms with E-state index in [1.807, 2.05) is 0 Å². The van der Waals surface area contributed by atoms with Gasteiger partial charge in [0, 0.05) is 25.7 Å². The largest absolute Gasteiger partial charge is 0.357 e. The fourth-order valence-electron chi connectivity index (χ4n) is 2.91. The van der Waals surface area contributed by atoms with E-state index in [-0.39, 0.29) is 24.0 Å². The molecule has 0 aromatic heterocycles. The highest BCUT2D eigenvalue weighted by molar-refractivity contribution is 14.0. The van der Waals surface area contributed by atoms with E-state index >= 15 is 0 Å². The maximum absolute atomic E-state index is 4.78. The summed E-state index contributed by atoms with van der Waals surface area (Å²) in [5.74, 6) is 0.955. The van der Waals surface area contributed by atoms with Crippen LogP contribution in [0.25, 0.3) is 0 Å². The third kappa shape index (κ3) is 7.08. The first-order valence-corrected chi connectivity index (χ1v) is 8.63. The lowest BCUT2D eigenvalue weighted by Crippen LogP contribution is -2.39.